The number of carbonyl (C=O) groups excluding carboxylic acids is 1. The molecule has 156 valence electrons. The van der Waals surface area contributed by atoms with Gasteiger partial charge in [0.1, 0.15) is 0 Å². The van der Waals surface area contributed by atoms with E-state index in [0.717, 1.165) is 31.1 Å². The Hall–Kier alpha value is -2.18. The van der Waals surface area contributed by atoms with Crippen LogP contribution < -0.4 is 10.2 Å². The predicted octanol–water partition coefficient (Wildman–Crippen LogP) is 3.14. The highest BCUT2D eigenvalue weighted by Crippen LogP contribution is 2.17. The van der Waals surface area contributed by atoms with Crippen LogP contribution in [0.4, 0.5) is 5.69 Å². The van der Waals surface area contributed by atoms with Crippen LogP contribution in [0.2, 0.25) is 0 Å². The van der Waals surface area contributed by atoms with Gasteiger partial charge in [-0.05, 0) is 43.3 Å². The molecule has 1 aliphatic heterocycles. The first kappa shape index (κ1) is 21.5. The summed E-state index contributed by atoms with van der Waals surface area (Å²) in [4.78, 5) is 18.1. The Morgan fingerprint density at radius 1 is 0.966 bits per heavy atom. The fourth-order valence-electron chi connectivity index (χ4n) is 3.54. The molecule has 1 aliphatic rings. The van der Waals surface area contributed by atoms with Gasteiger partial charge in [0.05, 0.1) is 10.8 Å². The molecule has 1 heterocycles. The molecule has 0 unspecified atom stereocenters. The largest absolute Gasteiger partial charge is 0.369 e. The Bertz CT molecular complexity index is 816. The van der Waals surface area contributed by atoms with Gasteiger partial charge in [0, 0.05) is 60.2 Å². The molecule has 0 radical (unpaired) electrons. The van der Waals surface area contributed by atoms with Gasteiger partial charge in [-0.1, -0.05) is 32.0 Å². The van der Waals surface area contributed by atoms with E-state index in [0.29, 0.717) is 12.1 Å². The summed E-state index contributed by atoms with van der Waals surface area (Å²) in [6.07, 6.45) is 0. The van der Waals surface area contributed by atoms with E-state index in [2.05, 4.69) is 46.3 Å². The maximum atomic E-state index is 12.5. The number of piperazine rings is 1. The number of hydrogen-bond donors (Lipinski definition) is 1. The fraction of sp³-hybridized carbons (Fsp3) is 0.435. The fourth-order valence-corrected chi connectivity index (χ4v) is 4.49. The van der Waals surface area contributed by atoms with Gasteiger partial charge >= 0.3 is 0 Å². The average Bonchev–Trinajstić information content (AvgIpc) is 2.77. The molecule has 2 aromatic carbocycles. The first-order valence-corrected chi connectivity index (χ1v) is 11.5. The van der Waals surface area contributed by atoms with Crippen molar-refractivity contribution in [3.63, 3.8) is 0 Å². The van der Waals surface area contributed by atoms with Crippen LogP contribution in [-0.2, 0) is 10.8 Å². The lowest BCUT2D eigenvalue weighted by Crippen LogP contribution is -2.52. The zero-order valence-corrected chi connectivity index (χ0v) is 18.3. The lowest BCUT2D eigenvalue weighted by atomic mass is 10.2. The first-order chi connectivity index (χ1) is 14.0. The monoisotopic (exact) mass is 413 g/mol. The van der Waals surface area contributed by atoms with Gasteiger partial charge in [-0.15, -0.1) is 0 Å². The summed E-state index contributed by atoms with van der Waals surface area (Å²) in [7, 11) is -1.03. The number of carbonyl (C=O) groups is 1. The molecule has 1 fully saturated rings. The van der Waals surface area contributed by atoms with Crippen molar-refractivity contribution in [2.75, 3.05) is 37.6 Å². The number of para-hydroxylation sites is 1. The van der Waals surface area contributed by atoms with Crippen molar-refractivity contribution in [2.45, 2.75) is 37.0 Å². The number of nitrogens with one attached hydrogen (secondary N) is 1. The van der Waals surface area contributed by atoms with E-state index in [1.54, 1.807) is 24.3 Å². The minimum Gasteiger partial charge on any atom is -0.369 e. The molecule has 5 nitrogen and oxygen atoms in total. The van der Waals surface area contributed by atoms with Crippen molar-refractivity contribution >= 4 is 22.4 Å². The van der Waals surface area contributed by atoms with Crippen LogP contribution >= 0.6 is 0 Å². The van der Waals surface area contributed by atoms with E-state index >= 15 is 0 Å². The van der Waals surface area contributed by atoms with E-state index in [4.69, 9.17) is 0 Å². The van der Waals surface area contributed by atoms with Gasteiger partial charge in [-0.25, -0.2) is 0 Å². The van der Waals surface area contributed by atoms with Crippen molar-refractivity contribution in [1.82, 2.24) is 10.2 Å². The molecule has 2 atom stereocenters. The lowest BCUT2D eigenvalue weighted by Gasteiger charge is -2.39. The Morgan fingerprint density at radius 2 is 1.59 bits per heavy atom. The maximum absolute atomic E-state index is 12.5. The molecule has 2 aromatic rings. The summed E-state index contributed by atoms with van der Waals surface area (Å²) >= 11 is 0. The molecule has 0 saturated carbocycles. The molecule has 1 saturated heterocycles. The molecule has 1 N–H and O–H groups in total. The van der Waals surface area contributed by atoms with Crippen LogP contribution in [-0.4, -0.2) is 59.0 Å². The van der Waals surface area contributed by atoms with Gasteiger partial charge in [0.25, 0.3) is 5.91 Å². The Balaban J connectivity index is 1.46. The molecule has 3 rings (SSSR count). The van der Waals surface area contributed by atoms with Gasteiger partial charge in [-0.3, -0.25) is 13.9 Å². The van der Waals surface area contributed by atoms with Crippen LogP contribution in [0.5, 0.6) is 0 Å². The van der Waals surface area contributed by atoms with Gasteiger partial charge in [0.2, 0.25) is 0 Å². The second-order valence-corrected chi connectivity index (χ2v) is 9.80. The predicted molar refractivity (Wildman–Crippen MR) is 120 cm³/mol. The van der Waals surface area contributed by atoms with Gasteiger partial charge < -0.3 is 10.2 Å². The topological polar surface area (TPSA) is 52.7 Å². The Morgan fingerprint density at radius 3 is 2.17 bits per heavy atom. The minimum atomic E-state index is -1.03. The van der Waals surface area contributed by atoms with Crippen LogP contribution in [0.25, 0.3) is 0 Å². The molecule has 0 aliphatic carbocycles. The van der Waals surface area contributed by atoms with Crippen LogP contribution in [0.3, 0.4) is 0 Å². The summed E-state index contributed by atoms with van der Waals surface area (Å²) < 4.78 is 12.1. The third-order valence-electron chi connectivity index (χ3n) is 5.39. The quantitative estimate of drug-likeness (QED) is 0.758. The highest BCUT2D eigenvalue weighted by molar-refractivity contribution is 7.85. The summed E-state index contributed by atoms with van der Waals surface area (Å²) in [5.74, 6) is -0.0818. The van der Waals surface area contributed by atoms with Crippen molar-refractivity contribution in [3.05, 3.63) is 60.2 Å². The van der Waals surface area contributed by atoms with Crippen molar-refractivity contribution in [2.24, 2.45) is 0 Å². The third-order valence-corrected chi connectivity index (χ3v) is 6.99. The van der Waals surface area contributed by atoms with Gasteiger partial charge in [0.15, 0.2) is 0 Å². The maximum Gasteiger partial charge on any atom is 0.251 e. The number of anilines is 1. The summed E-state index contributed by atoms with van der Waals surface area (Å²) in [6, 6.07) is 17.9. The minimum absolute atomic E-state index is 0.0675. The average molecular weight is 414 g/mol. The molecular weight excluding hydrogens is 382 g/mol. The summed E-state index contributed by atoms with van der Waals surface area (Å²) in [5.41, 5.74) is 1.88. The number of hydrogen-bond acceptors (Lipinski definition) is 4. The SMILES string of the molecule is CC(C)[S@@](=O)c1ccc(C(=O)NC[C@@H](C)N2CCN(c3ccccc3)CC2)cc1. The lowest BCUT2D eigenvalue weighted by molar-refractivity contribution is 0.0934. The third kappa shape index (κ3) is 5.67. The van der Waals surface area contributed by atoms with Gasteiger partial charge in [-0.2, -0.15) is 0 Å². The molecule has 6 heteroatoms. The standard InChI is InChI=1S/C23H31N3O2S/c1-18(2)29(28)22-11-9-20(10-12-22)23(27)24-17-19(3)25-13-15-26(16-14-25)21-7-5-4-6-8-21/h4-12,18-19H,13-17H2,1-3H3,(H,24,27)/t19-,29-/m1/s1. The van der Waals surface area contributed by atoms with E-state index < -0.39 is 10.8 Å². The smallest absolute Gasteiger partial charge is 0.251 e. The second-order valence-electron chi connectivity index (χ2n) is 7.79. The summed E-state index contributed by atoms with van der Waals surface area (Å²) in [6.45, 7) is 10.6. The van der Waals surface area contributed by atoms with E-state index in [-0.39, 0.29) is 17.2 Å². The van der Waals surface area contributed by atoms with Crippen molar-refractivity contribution in [1.29, 1.82) is 0 Å². The zero-order valence-electron chi connectivity index (χ0n) is 17.5. The van der Waals surface area contributed by atoms with Crippen molar-refractivity contribution < 1.29 is 9.00 Å². The van der Waals surface area contributed by atoms with Crippen LogP contribution in [0.15, 0.2) is 59.5 Å². The van der Waals surface area contributed by atoms with E-state index in [1.807, 2.05) is 19.9 Å². The molecule has 1 amide bonds. The highest BCUT2D eigenvalue weighted by atomic mass is 32.2. The molecule has 29 heavy (non-hydrogen) atoms. The van der Waals surface area contributed by atoms with Crippen molar-refractivity contribution in [3.8, 4) is 0 Å². The van der Waals surface area contributed by atoms with Crippen LogP contribution in [0.1, 0.15) is 31.1 Å². The van der Waals surface area contributed by atoms with E-state index in [1.165, 1.54) is 5.69 Å². The highest BCUT2D eigenvalue weighted by Gasteiger charge is 2.21. The normalized spacial score (nSPS) is 17.2. The first-order valence-electron chi connectivity index (χ1n) is 10.3. The molecule has 0 spiro atoms. The number of amides is 1. The van der Waals surface area contributed by atoms with E-state index in [9.17, 15) is 9.00 Å². The number of rotatable bonds is 7. The molecule has 0 aromatic heterocycles. The van der Waals surface area contributed by atoms with Crippen LogP contribution in [0, 0.1) is 0 Å². The summed E-state index contributed by atoms with van der Waals surface area (Å²) in [5, 5.41) is 3.11. The zero-order chi connectivity index (χ0) is 20.8. The Labute approximate surface area is 176 Å². The number of nitrogens with zero attached hydrogens (tertiary/aromatic N) is 2. The number of benzene rings is 2. The molecule has 0 bridgehead atoms. The second kappa shape index (κ2) is 10.0. The Kier molecular flexibility index (Phi) is 7.45. The molecular formula is C23H31N3O2S.